The number of pyridine rings is 1. The van der Waals surface area contributed by atoms with Gasteiger partial charge in [-0.15, -0.1) is 0 Å². The molecule has 3 N–H and O–H groups in total. The normalized spacial score (nSPS) is 15.7. The molecular weight excluding hydrogens is 358 g/mol. The summed E-state index contributed by atoms with van der Waals surface area (Å²) in [5, 5.41) is 3.62. The molecule has 0 spiro atoms. The van der Waals surface area contributed by atoms with Crippen molar-refractivity contribution >= 4 is 28.9 Å². The highest BCUT2D eigenvalue weighted by molar-refractivity contribution is 6.32. The molecule has 0 radical (unpaired) electrons. The van der Waals surface area contributed by atoms with E-state index >= 15 is 0 Å². The average molecular weight is 376 g/mol. The zero-order chi connectivity index (χ0) is 18.6. The Labute approximate surface area is 162 Å². The molecule has 0 saturated heterocycles. The maximum absolute atomic E-state index is 6.39. The molecule has 1 unspecified atom stereocenters. The highest BCUT2D eigenvalue weighted by atomic mass is 35.5. The van der Waals surface area contributed by atoms with Gasteiger partial charge in [0, 0.05) is 17.7 Å². The van der Waals surface area contributed by atoms with Crippen molar-refractivity contribution in [1.29, 1.82) is 0 Å². The van der Waals surface area contributed by atoms with Crippen molar-refractivity contribution in [1.82, 2.24) is 15.0 Å². The summed E-state index contributed by atoms with van der Waals surface area (Å²) in [6.45, 7) is 0. The van der Waals surface area contributed by atoms with Crippen LogP contribution in [0.15, 0.2) is 73.2 Å². The molecular formula is C21H18ClN5. The van der Waals surface area contributed by atoms with E-state index in [0.29, 0.717) is 28.3 Å². The summed E-state index contributed by atoms with van der Waals surface area (Å²) < 4.78 is 0. The summed E-state index contributed by atoms with van der Waals surface area (Å²) >= 11 is 6.39. The topological polar surface area (TPSA) is 76.7 Å². The predicted octanol–water partition coefficient (Wildman–Crippen LogP) is 5.12. The van der Waals surface area contributed by atoms with Crippen LogP contribution < -0.4 is 11.1 Å². The van der Waals surface area contributed by atoms with Crippen LogP contribution in [0.3, 0.4) is 0 Å². The van der Waals surface area contributed by atoms with E-state index in [1.807, 2.05) is 12.1 Å². The number of nitrogen functional groups attached to an aromatic ring is 1. The standard InChI is InChI=1S/C21H18ClN5/c22-19-13-25-21(26-18-10-17(23)11-24-12-18)27-20(19)16-8-4-7-15(9-16)14-5-2-1-3-6-14/h1-5,7-14H,6,23H2,(H,25,26,27). The van der Waals surface area contributed by atoms with E-state index < -0.39 is 0 Å². The van der Waals surface area contributed by atoms with Crippen molar-refractivity contribution < 1.29 is 0 Å². The number of hydrogen-bond acceptors (Lipinski definition) is 5. The van der Waals surface area contributed by atoms with Crippen LogP contribution in [-0.4, -0.2) is 15.0 Å². The Morgan fingerprint density at radius 2 is 2.04 bits per heavy atom. The fourth-order valence-corrected chi connectivity index (χ4v) is 3.23. The zero-order valence-corrected chi connectivity index (χ0v) is 15.3. The van der Waals surface area contributed by atoms with E-state index in [4.69, 9.17) is 17.3 Å². The van der Waals surface area contributed by atoms with Gasteiger partial charge < -0.3 is 11.1 Å². The molecule has 1 aliphatic rings. The molecule has 5 nitrogen and oxygen atoms in total. The van der Waals surface area contributed by atoms with E-state index in [2.05, 4.69) is 56.7 Å². The average Bonchev–Trinajstić information content (AvgIpc) is 2.70. The number of rotatable bonds is 4. The summed E-state index contributed by atoms with van der Waals surface area (Å²) in [5.74, 6) is 0.805. The van der Waals surface area contributed by atoms with Crippen molar-refractivity contribution in [2.45, 2.75) is 12.3 Å². The van der Waals surface area contributed by atoms with Gasteiger partial charge in [0.2, 0.25) is 5.95 Å². The lowest BCUT2D eigenvalue weighted by atomic mass is 9.91. The highest BCUT2D eigenvalue weighted by Crippen LogP contribution is 2.31. The van der Waals surface area contributed by atoms with Crippen molar-refractivity contribution in [2.24, 2.45) is 0 Å². The third kappa shape index (κ3) is 3.99. The minimum absolute atomic E-state index is 0.367. The number of nitrogens with zero attached hydrogens (tertiary/aromatic N) is 3. The van der Waals surface area contributed by atoms with Crippen LogP contribution in [0.25, 0.3) is 11.3 Å². The molecule has 1 aromatic carbocycles. The van der Waals surface area contributed by atoms with Gasteiger partial charge in [-0.25, -0.2) is 9.97 Å². The van der Waals surface area contributed by atoms with Gasteiger partial charge in [0.15, 0.2) is 0 Å². The highest BCUT2D eigenvalue weighted by Gasteiger charge is 2.13. The minimum Gasteiger partial charge on any atom is -0.397 e. The Hall–Kier alpha value is -3.18. The van der Waals surface area contributed by atoms with E-state index in [9.17, 15) is 0 Å². The molecule has 4 rings (SSSR count). The number of hydrogen-bond donors (Lipinski definition) is 2. The zero-order valence-electron chi connectivity index (χ0n) is 14.5. The molecule has 1 atom stereocenters. The molecule has 3 aromatic rings. The maximum Gasteiger partial charge on any atom is 0.227 e. The molecule has 0 aliphatic heterocycles. The summed E-state index contributed by atoms with van der Waals surface area (Å²) in [6, 6.07) is 10.1. The second-order valence-corrected chi connectivity index (χ2v) is 6.71. The number of benzene rings is 1. The molecule has 1 aliphatic carbocycles. The van der Waals surface area contributed by atoms with Gasteiger partial charge in [0.25, 0.3) is 0 Å². The first-order chi connectivity index (χ1) is 13.2. The van der Waals surface area contributed by atoms with Crippen molar-refractivity contribution in [2.75, 3.05) is 11.1 Å². The van der Waals surface area contributed by atoms with Gasteiger partial charge in [0.05, 0.1) is 34.5 Å². The van der Waals surface area contributed by atoms with Crippen LogP contribution in [0, 0.1) is 0 Å². The Morgan fingerprint density at radius 3 is 2.85 bits per heavy atom. The fraction of sp³-hybridized carbons (Fsp3) is 0.0952. The van der Waals surface area contributed by atoms with Gasteiger partial charge in [-0.05, 0) is 24.1 Å². The molecule has 2 aromatic heterocycles. The van der Waals surface area contributed by atoms with Gasteiger partial charge in [-0.3, -0.25) is 4.98 Å². The minimum atomic E-state index is 0.367. The molecule has 0 fully saturated rings. The third-order valence-electron chi connectivity index (χ3n) is 4.33. The number of halogens is 1. The van der Waals surface area contributed by atoms with Crippen LogP contribution in [-0.2, 0) is 0 Å². The Balaban J connectivity index is 1.65. The van der Waals surface area contributed by atoms with E-state index in [0.717, 1.165) is 17.7 Å². The van der Waals surface area contributed by atoms with Gasteiger partial charge in [0.1, 0.15) is 0 Å². The largest absolute Gasteiger partial charge is 0.397 e. The lowest BCUT2D eigenvalue weighted by Crippen LogP contribution is -2.01. The van der Waals surface area contributed by atoms with Crippen LogP contribution in [0.5, 0.6) is 0 Å². The maximum atomic E-state index is 6.39. The molecule has 0 bridgehead atoms. The Bertz CT molecular complexity index is 1030. The second-order valence-electron chi connectivity index (χ2n) is 6.30. The molecule has 2 heterocycles. The lowest BCUT2D eigenvalue weighted by Gasteiger charge is -2.15. The molecule has 0 saturated carbocycles. The van der Waals surface area contributed by atoms with E-state index in [1.165, 1.54) is 5.56 Å². The summed E-state index contributed by atoms with van der Waals surface area (Å²) in [4.78, 5) is 12.9. The van der Waals surface area contributed by atoms with Crippen LogP contribution in [0.2, 0.25) is 5.02 Å². The number of allylic oxidation sites excluding steroid dienone is 4. The monoisotopic (exact) mass is 375 g/mol. The van der Waals surface area contributed by atoms with Crippen molar-refractivity contribution in [3.8, 4) is 11.3 Å². The third-order valence-corrected chi connectivity index (χ3v) is 4.61. The van der Waals surface area contributed by atoms with Gasteiger partial charge in [-0.1, -0.05) is 54.1 Å². The first kappa shape index (κ1) is 17.2. The van der Waals surface area contributed by atoms with Crippen LogP contribution in [0.1, 0.15) is 17.9 Å². The van der Waals surface area contributed by atoms with Crippen molar-refractivity contribution in [3.05, 3.63) is 83.8 Å². The van der Waals surface area contributed by atoms with E-state index in [-0.39, 0.29) is 0 Å². The fourth-order valence-electron chi connectivity index (χ4n) is 3.03. The molecule has 6 heteroatoms. The summed E-state index contributed by atoms with van der Waals surface area (Å²) in [5.41, 5.74) is 9.93. The first-order valence-electron chi connectivity index (χ1n) is 8.63. The SMILES string of the molecule is Nc1cncc(Nc2ncc(Cl)c(-c3cccc(C4C=CC=CC4)c3)n2)c1. The van der Waals surface area contributed by atoms with Gasteiger partial charge in [-0.2, -0.15) is 0 Å². The molecule has 0 amide bonds. The predicted molar refractivity (Wildman–Crippen MR) is 110 cm³/mol. The van der Waals surface area contributed by atoms with Crippen LogP contribution in [0.4, 0.5) is 17.3 Å². The number of nitrogens with one attached hydrogen (secondary N) is 1. The van der Waals surface area contributed by atoms with E-state index in [1.54, 1.807) is 24.7 Å². The number of aromatic nitrogens is 3. The smallest absolute Gasteiger partial charge is 0.227 e. The summed E-state index contributed by atoms with van der Waals surface area (Å²) in [7, 11) is 0. The summed E-state index contributed by atoms with van der Waals surface area (Å²) in [6.07, 6.45) is 14.4. The lowest BCUT2D eigenvalue weighted by molar-refractivity contribution is 0.854. The molecule has 27 heavy (non-hydrogen) atoms. The quantitative estimate of drug-likeness (QED) is 0.662. The van der Waals surface area contributed by atoms with Gasteiger partial charge >= 0.3 is 0 Å². The molecule has 134 valence electrons. The Kier molecular flexibility index (Phi) is 4.85. The first-order valence-corrected chi connectivity index (χ1v) is 9.00. The second kappa shape index (κ2) is 7.60. The Morgan fingerprint density at radius 1 is 1.11 bits per heavy atom. The van der Waals surface area contributed by atoms with Crippen molar-refractivity contribution in [3.63, 3.8) is 0 Å². The van der Waals surface area contributed by atoms with Crippen LogP contribution >= 0.6 is 11.6 Å². The number of anilines is 3. The number of nitrogens with two attached hydrogens (primary N) is 1.